The van der Waals surface area contributed by atoms with Crippen molar-refractivity contribution < 1.29 is 42.1 Å². The largest absolute Gasteiger partial charge is 0.472 e. The summed E-state index contributed by atoms with van der Waals surface area (Å²) in [6.45, 7) is 4.27. The first-order chi connectivity index (χ1) is 28.0. The molecule has 0 saturated carbocycles. The molecule has 0 spiro atoms. The molecule has 0 radical (unpaired) electrons. The molecule has 0 aromatic carbocycles. The molecule has 334 valence electrons. The normalized spacial score (nSPS) is 14.2. The second-order valence-corrected chi connectivity index (χ2v) is 17.5. The number of nitrogens with zero attached hydrogens (tertiary/aromatic N) is 1. The summed E-state index contributed by atoms with van der Waals surface area (Å²) in [4.78, 5) is 35.4. The van der Waals surface area contributed by atoms with E-state index in [4.69, 9.17) is 18.5 Å². The molecule has 0 aromatic rings. The molecule has 0 bridgehead atoms. The van der Waals surface area contributed by atoms with Gasteiger partial charge in [0.1, 0.15) is 19.8 Å². The highest BCUT2D eigenvalue weighted by atomic mass is 31.2. The maximum Gasteiger partial charge on any atom is 0.472 e. The van der Waals surface area contributed by atoms with Crippen molar-refractivity contribution in [1.29, 1.82) is 0 Å². The third-order valence-corrected chi connectivity index (χ3v) is 10.2. The number of phosphoric ester groups is 1. The predicted molar refractivity (Wildman–Crippen MR) is 242 cm³/mol. The molecule has 1 N–H and O–H groups in total. The van der Waals surface area contributed by atoms with Crippen LogP contribution in [0.15, 0.2) is 72.9 Å². The first-order valence-electron chi connectivity index (χ1n) is 22.7. The highest BCUT2D eigenvalue weighted by molar-refractivity contribution is 7.47. The van der Waals surface area contributed by atoms with E-state index in [1.165, 1.54) is 83.5 Å². The average molecular weight is 835 g/mol. The third kappa shape index (κ3) is 43.0. The van der Waals surface area contributed by atoms with Crippen molar-refractivity contribution in [1.82, 2.24) is 0 Å². The minimum absolute atomic E-state index is 0.0173. The quantitative estimate of drug-likeness (QED) is 0.0214. The fourth-order valence-electron chi connectivity index (χ4n) is 5.62. The summed E-state index contributed by atoms with van der Waals surface area (Å²) >= 11 is 0. The Morgan fingerprint density at radius 1 is 0.534 bits per heavy atom. The number of likely N-dealkylation sites (N-methyl/N-ethyl adjacent to an activating group) is 1. The summed E-state index contributed by atoms with van der Waals surface area (Å²) in [6.07, 6.45) is 49.6. The van der Waals surface area contributed by atoms with Crippen LogP contribution in [0.3, 0.4) is 0 Å². The summed E-state index contributed by atoms with van der Waals surface area (Å²) in [5, 5.41) is 0. The molecule has 10 heteroatoms. The number of carbonyl (C=O) groups excluding carboxylic acids is 2. The standard InChI is InChI=1S/C48H84NO8P/c1-6-8-10-12-14-16-18-20-22-23-24-25-27-28-30-32-34-36-38-40-47(50)54-44-46(45-56-58(52,53)55-43-42-49(3,4)5)57-48(51)41-39-37-35-33-31-29-26-21-19-17-15-13-11-9-7-2/h13-16,20,22,24-25,28,30,34,36,46H,6-12,17-19,21,23,26-27,29,31-33,35,37-45H2,1-5H3/p+1/b15-13+,16-14+,22-20+,25-24+,30-28+,36-34+/t46-/m1/s1. The number of quaternary nitrogens is 1. The number of esters is 2. The lowest BCUT2D eigenvalue weighted by molar-refractivity contribution is -0.870. The summed E-state index contributed by atoms with van der Waals surface area (Å²) in [7, 11) is 1.43. The molecule has 0 aliphatic carbocycles. The zero-order valence-corrected chi connectivity index (χ0v) is 38.4. The fourth-order valence-corrected chi connectivity index (χ4v) is 6.37. The molecule has 58 heavy (non-hydrogen) atoms. The Morgan fingerprint density at radius 2 is 0.983 bits per heavy atom. The van der Waals surface area contributed by atoms with E-state index in [2.05, 4.69) is 74.6 Å². The number of rotatable bonds is 40. The fraction of sp³-hybridized carbons (Fsp3) is 0.708. The summed E-state index contributed by atoms with van der Waals surface area (Å²) in [5.74, 6) is -0.902. The summed E-state index contributed by atoms with van der Waals surface area (Å²) in [5.41, 5.74) is 0. The number of ether oxygens (including phenoxy) is 2. The van der Waals surface area contributed by atoms with Crippen molar-refractivity contribution in [2.24, 2.45) is 0 Å². The van der Waals surface area contributed by atoms with Crippen LogP contribution in [0.25, 0.3) is 0 Å². The van der Waals surface area contributed by atoms with Crippen molar-refractivity contribution >= 4 is 19.8 Å². The first kappa shape index (κ1) is 55.5. The lowest BCUT2D eigenvalue weighted by Crippen LogP contribution is -2.37. The van der Waals surface area contributed by atoms with Gasteiger partial charge in [0.2, 0.25) is 0 Å². The van der Waals surface area contributed by atoms with Crippen LogP contribution in [0, 0.1) is 0 Å². The van der Waals surface area contributed by atoms with E-state index in [-0.39, 0.29) is 26.1 Å². The van der Waals surface area contributed by atoms with Crippen LogP contribution in [0.1, 0.15) is 168 Å². The van der Waals surface area contributed by atoms with Crippen molar-refractivity contribution in [2.45, 2.75) is 174 Å². The van der Waals surface area contributed by atoms with Gasteiger partial charge >= 0.3 is 19.8 Å². The average Bonchev–Trinajstić information content (AvgIpc) is 3.17. The summed E-state index contributed by atoms with van der Waals surface area (Å²) in [6, 6.07) is 0. The lowest BCUT2D eigenvalue weighted by Gasteiger charge is -2.24. The molecule has 0 amide bonds. The van der Waals surface area contributed by atoms with E-state index in [1.807, 2.05) is 33.3 Å². The number of hydrogen-bond donors (Lipinski definition) is 1. The van der Waals surface area contributed by atoms with Gasteiger partial charge in [-0.25, -0.2) is 4.57 Å². The molecule has 1 unspecified atom stereocenters. The Balaban J connectivity index is 4.47. The van der Waals surface area contributed by atoms with Crippen LogP contribution in [0.5, 0.6) is 0 Å². The van der Waals surface area contributed by atoms with E-state index >= 15 is 0 Å². The lowest BCUT2D eigenvalue weighted by atomic mass is 10.1. The molecule has 0 aliphatic rings. The van der Waals surface area contributed by atoms with Gasteiger partial charge < -0.3 is 18.9 Å². The SMILES string of the molecule is CCCC/C=C/CCCCCCCCCCCC(=O)O[C@H](COC(=O)CC/C=C/C/C=C/C/C=C/C/C=C/C/C=C/CCCCC)COP(=O)(O)OCC[N+](C)(C)C. The van der Waals surface area contributed by atoms with E-state index in [9.17, 15) is 19.0 Å². The van der Waals surface area contributed by atoms with Crippen molar-refractivity contribution in [2.75, 3.05) is 47.5 Å². The third-order valence-electron chi connectivity index (χ3n) is 9.22. The van der Waals surface area contributed by atoms with Crippen LogP contribution < -0.4 is 0 Å². The van der Waals surface area contributed by atoms with Crippen LogP contribution in [0.4, 0.5) is 0 Å². The maximum absolute atomic E-state index is 12.7. The zero-order chi connectivity index (χ0) is 42.8. The monoisotopic (exact) mass is 835 g/mol. The van der Waals surface area contributed by atoms with E-state index in [1.54, 1.807) is 0 Å². The maximum atomic E-state index is 12.7. The molecule has 2 atom stereocenters. The number of phosphoric acid groups is 1. The van der Waals surface area contributed by atoms with Gasteiger partial charge in [0.15, 0.2) is 6.10 Å². The minimum atomic E-state index is -4.39. The highest BCUT2D eigenvalue weighted by Crippen LogP contribution is 2.43. The first-order valence-corrected chi connectivity index (χ1v) is 24.2. The highest BCUT2D eigenvalue weighted by Gasteiger charge is 2.27. The zero-order valence-electron chi connectivity index (χ0n) is 37.5. The van der Waals surface area contributed by atoms with Gasteiger partial charge in [-0.1, -0.05) is 157 Å². The number of unbranched alkanes of at least 4 members (excludes halogenated alkanes) is 14. The van der Waals surface area contributed by atoms with Crippen molar-refractivity contribution in [3.8, 4) is 0 Å². The van der Waals surface area contributed by atoms with Gasteiger partial charge in [-0.05, 0) is 70.6 Å². The molecule has 9 nitrogen and oxygen atoms in total. The Hall–Kier alpha value is -2.55. The number of allylic oxidation sites excluding steroid dienone is 12. The molecular weight excluding hydrogens is 750 g/mol. The molecule has 0 saturated heterocycles. The minimum Gasteiger partial charge on any atom is -0.462 e. The number of hydrogen-bond acceptors (Lipinski definition) is 7. The van der Waals surface area contributed by atoms with Gasteiger partial charge in [-0.2, -0.15) is 0 Å². The second-order valence-electron chi connectivity index (χ2n) is 16.1. The molecule has 0 aromatic heterocycles. The smallest absolute Gasteiger partial charge is 0.462 e. The molecular formula is C48H85NO8P+. The predicted octanol–water partition coefficient (Wildman–Crippen LogP) is 13.0. The van der Waals surface area contributed by atoms with E-state index in [0.29, 0.717) is 23.9 Å². The molecule has 0 heterocycles. The van der Waals surface area contributed by atoms with Crippen LogP contribution in [0.2, 0.25) is 0 Å². The van der Waals surface area contributed by atoms with Crippen LogP contribution in [-0.4, -0.2) is 74.9 Å². The molecule has 0 fully saturated rings. The van der Waals surface area contributed by atoms with Gasteiger partial charge in [-0.15, -0.1) is 0 Å². The van der Waals surface area contributed by atoms with Gasteiger partial charge in [0, 0.05) is 12.8 Å². The Kier molecular flexibility index (Phi) is 38.1. The molecule has 0 aliphatic heterocycles. The van der Waals surface area contributed by atoms with Gasteiger partial charge in [0.25, 0.3) is 0 Å². The van der Waals surface area contributed by atoms with Crippen molar-refractivity contribution in [3.63, 3.8) is 0 Å². The van der Waals surface area contributed by atoms with Crippen LogP contribution >= 0.6 is 7.82 Å². The van der Waals surface area contributed by atoms with E-state index in [0.717, 1.165) is 44.9 Å². The van der Waals surface area contributed by atoms with Crippen molar-refractivity contribution in [3.05, 3.63) is 72.9 Å². The van der Waals surface area contributed by atoms with Gasteiger partial charge in [0.05, 0.1) is 27.7 Å². The Morgan fingerprint density at radius 3 is 1.52 bits per heavy atom. The topological polar surface area (TPSA) is 108 Å². The second kappa shape index (κ2) is 39.9. The summed E-state index contributed by atoms with van der Waals surface area (Å²) < 4.78 is 34.2. The van der Waals surface area contributed by atoms with E-state index < -0.39 is 32.5 Å². The Labute approximate surface area is 355 Å². The van der Waals surface area contributed by atoms with Gasteiger partial charge in [-0.3, -0.25) is 18.6 Å². The number of carbonyl (C=O) groups is 2. The van der Waals surface area contributed by atoms with Crippen LogP contribution in [-0.2, 0) is 32.7 Å². The Bertz CT molecular complexity index is 1220. The molecule has 0 rings (SSSR count).